The Morgan fingerprint density at radius 2 is 1.95 bits per heavy atom. The Labute approximate surface area is 123 Å². The van der Waals surface area contributed by atoms with Gasteiger partial charge in [-0.3, -0.25) is 0 Å². The molecule has 0 bridgehead atoms. The number of nitrogens with one attached hydrogen (secondary N) is 1. The first-order valence-corrected chi connectivity index (χ1v) is 6.95. The number of benzene rings is 2. The van der Waals surface area contributed by atoms with Crippen LogP contribution in [0.5, 0.6) is 5.75 Å². The van der Waals surface area contributed by atoms with Crippen LogP contribution in [0.2, 0.25) is 0 Å². The van der Waals surface area contributed by atoms with Gasteiger partial charge in [0.15, 0.2) is 11.6 Å². The highest BCUT2D eigenvalue weighted by Gasteiger charge is 2.13. The van der Waals surface area contributed by atoms with E-state index >= 15 is 0 Å². The smallest absolute Gasteiger partial charge is 0.165 e. The van der Waals surface area contributed by atoms with Gasteiger partial charge in [0.25, 0.3) is 0 Å². The van der Waals surface area contributed by atoms with Gasteiger partial charge in [-0.25, -0.2) is 8.78 Å². The second-order valence-corrected chi connectivity index (χ2v) is 4.84. The highest BCUT2D eigenvalue weighted by molar-refractivity contribution is 5.31. The lowest BCUT2D eigenvalue weighted by Gasteiger charge is -2.19. The van der Waals surface area contributed by atoms with Gasteiger partial charge in [-0.1, -0.05) is 25.1 Å². The topological polar surface area (TPSA) is 21.3 Å². The van der Waals surface area contributed by atoms with Crippen LogP contribution in [0.1, 0.15) is 24.1 Å². The zero-order valence-corrected chi connectivity index (χ0v) is 12.2. The average Bonchev–Trinajstić information content (AvgIpc) is 2.47. The van der Waals surface area contributed by atoms with Crippen molar-refractivity contribution in [2.24, 2.45) is 0 Å². The Hall–Kier alpha value is -1.94. The lowest BCUT2D eigenvalue weighted by molar-refractivity contribution is 0.386. The summed E-state index contributed by atoms with van der Waals surface area (Å²) in [6, 6.07) is 11.3. The normalized spacial score (nSPS) is 12.2. The molecule has 0 spiro atoms. The summed E-state index contributed by atoms with van der Waals surface area (Å²) in [5.74, 6) is -0.426. The van der Waals surface area contributed by atoms with Crippen molar-refractivity contribution in [1.29, 1.82) is 0 Å². The molecule has 21 heavy (non-hydrogen) atoms. The van der Waals surface area contributed by atoms with Crippen molar-refractivity contribution in [2.75, 3.05) is 13.7 Å². The van der Waals surface area contributed by atoms with Gasteiger partial charge in [0, 0.05) is 6.04 Å². The summed E-state index contributed by atoms with van der Waals surface area (Å²) in [6.45, 7) is 2.74. The molecule has 1 atom stereocenters. The van der Waals surface area contributed by atoms with Crippen LogP contribution in [0.3, 0.4) is 0 Å². The summed E-state index contributed by atoms with van der Waals surface area (Å²) in [6.07, 6.45) is 0.582. The average molecular weight is 291 g/mol. The van der Waals surface area contributed by atoms with E-state index in [9.17, 15) is 8.78 Å². The first-order valence-electron chi connectivity index (χ1n) is 6.95. The van der Waals surface area contributed by atoms with E-state index in [-0.39, 0.29) is 23.4 Å². The molecule has 1 unspecified atom stereocenters. The van der Waals surface area contributed by atoms with Crippen molar-refractivity contribution < 1.29 is 13.5 Å². The van der Waals surface area contributed by atoms with Gasteiger partial charge >= 0.3 is 0 Å². The van der Waals surface area contributed by atoms with Gasteiger partial charge in [0.1, 0.15) is 5.82 Å². The van der Waals surface area contributed by atoms with E-state index in [4.69, 9.17) is 4.74 Å². The first kappa shape index (κ1) is 15.4. The maximum absolute atomic E-state index is 13.7. The van der Waals surface area contributed by atoms with E-state index in [0.717, 1.165) is 17.7 Å². The molecule has 0 heterocycles. The maximum atomic E-state index is 13.7. The quantitative estimate of drug-likeness (QED) is 0.872. The number of likely N-dealkylation sites (N-methyl/N-ethyl adjacent to an activating group) is 1. The van der Waals surface area contributed by atoms with Crippen LogP contribution in [-0.2, 0) is 6.42 Å². The standard InChI is InChI=1S/C17H19F2NO/c1-3-20-16(13-5-4-6-14(18)11-13)10-12-7-8-17(21-2)15(19)9-12/h4-9,11,16,20H,3,10H2,1-2H3. The van der Waals surface area contributed by atoms with Gasteiger partial charge < -0.3 is 10.1 Å². The van der Waals surface area contributed by atoms with Crippen LogP contribution >= 0.6 is 0 Å². The molecule has 4 heteroatoms. The van der Waals surface area contributed by atoms with Crippen molar-refractivity contribution in [1.82, 2.24) is 5.32 Å². The van der Waals surface area contributed by atoms with E-state index < -0.39 is 0 Å². The van der Waals surface area contributed by atoms with Gasteiger partial charge in [-0.05, 0) is 48.4 Å². The minimum Gasteiger partial charge on any atom is -0.494 e. The SMILES string of the molecule is CCNC(Cc1ccc(OC)c(F)c1)c1cccc(F)c1. The van der Waals surface area contributed by atoms with Crippen LogP contribution in [-0.4, -0.2) is 13.7 Å². The number of methoxy groups -OCH3 is 1. The number of ether oxygens (including phenoxy) is 1. The van der Waals surface area contributed by atoms with E-state index in [2.05, 4.69) is 5.32 Å². The molecule has 0 saturated carbocycles. The first-order chi connectivity index (χ1) is 10.1. The molecule has 0 aliphatic rings. The number of hydrogen-bond acceptors (Lipinski definition) is 2. The van der Waals surface area contributed by atoms with Gasteiger partial charge in [0.05, 0.1) is 7.11 Å². The van der Waals surface area contributed by atoms with Crippen LogP contribution in [0.4, 0.5) is 8.78 Å². The Morgan fingerprint density at radius 1 is 1.14 bits per heavy atom. The molecular formula is C17H19F2NO. The van der Waals surface area contributed by atoms with E-state index in [0.29, 0.717) is 6.42 Å². The van der Waals surface area contributed by atoms with Crippen molar-refractivity contribution >= 4 is 0 Å². The van der Waals surface area contributed by atoms with Gasteiger partial charge in [0.2, 0.25) is 0 Å². The molecular weight excluding hydrogens is 272 g/mol. The number of hydrogen-bond donors (Lipinski definition) is 1. The summed E-state index contributed by atoms with van der Waals surface area (Å²) in [7, 11) is 1.44. The van der Waals surface area contributed by atoms with E-state index in [1.807, 2.05) is 19.1 Å². The van der Waals surface area contributed by atoms with Crippen LogP contribution in [0.25, 0.3) is 0 Å². The monoisotopic (exact) mass is 291 g/mol. The highest BCUT2D eigenvalue weighted by Crippen LogP contribution is 2.23. The van der Waals surface area contributed by atoms with E-state index in [1.165, 1.54) is 25.3 Å². The fourth-order valence-corrected chi connectivity index (χ4v) is 2.35. The summed E-state index contributed by atoms with van der Waals surface area (Å²) in [4.78, 5) is 0. The molecule has 112 valence electrons. The Morgan fingerprint density at radius 3 is 2.57 bits per heavy atom. The third kappa shape index (κ3) is 4.02. The molecule has 0 radical (unpaired) electrons. The zero-order chi connectivity index (χ0) is 15.2. The Kier molecular flexibility index (Phi) is 5.28. The lowest BCUT2D eigenvalue weighted by Crippen LogP contribution is -2.23. The minimum absolute atomic E-state index is 0.0569. The van der Waals surface area contributed by atoms with Crippen molar-refractivity contribution in [3.63, 3.8) is 0 Å². The van der Waals surface area contributed by atoms with Gasteiger partial charge in [-0.2, -0.15) is 0 Å². The Bertz CT molecular complexity index is 601. The van der Waals surface area contributed by atoms with E-state index in [1.54, 1.807) is 12.1 Å². The van der Waals surface area contributed by atoms with Crippen molar-refractivity contribution in [3.8, 4) is 5.75 Å². The third-order valence-electron chi connectivity index (χ3n) is 3.36. The summed E-state index contributed by atoms with van der Waals surface area (Å²) in [5.41, 5.74) is 1.69. The molecule has 2 aromatic carbocycles. The van der Waals surface area contributed by atoms with Crippen LogP contribution in [0.15, 0.2) is 42.5 Å². The fourth-order valence-electron chi connectivity index (χ4n) is 2.35. The zero-order valence-electron chi connectivity index (χ0n) is 12.2. The van der Waals surface area contributed by atoms with Crippen LogP contribution < -0.4 is 10.1 Å². The van der Waals surface area contributed by atoms with Crippen LogP contribution in [0, 0.1) is 11.6 Å². The summed E-state index contributed by atoms with van der Waals surface area (Å²) in [5, 5.41) is 3.30. The van der Waals surface area contributed by atoms with Crippen molar-refractivity contribution in [3.05, 3.63) is 65.2 Å². The predicted molar refractivity (Wildman–Crippen MR) is 79.5 cm³/mol. The summed E-state index contributed by atoms with van der Waals surface area (Å²) < 4.78 is 32.0. The Balaban J connectivity index is 2.22. The molecule has 2 rings (SSSR count). The second-order valence-electron chi connectivity index (χ2n) is 4.84. The number of rotatable bonds is 6. The molecule has 0 aliphatic heterocycles. The highest BCUT2D eigenvalue weighted by atomic mass is 19.1. The molecule has 0 fully saturated rings. The largest absolute Gasteiger partial charge is 0.494 e. The van der Waals surface area contributed by atoms with Crippen molar-refractivity contribution in [2.45, 2.75) is 19.4 Å². The molecule has 0 aliphatic carbocycles. The predicted octanol–water partition coefficient (Wildman–Crippen LogP) is 3.87. The molecule has 0 amide bonds. The minimum atomic E-state index is -0.385. The molecule has 1 N–H and O–H groups in total. The molecule has 2 aromatic rings. The maximum Gasteiger partial charge on any atom is 0.165 e. The third-order valence-corrected chi connectivity index (χ3v) is 3.36. The fraction of sp³-hybridized carbons (Fsp3) is 0.294. The van der Waals surface area contributed by atoms with Gasteiger partial charge in [-0.15, -0.1) is 0 Å². The molecule has 0 saturated heterocycles. The number of halogens is 2. The molecule has 0 aromatic heterocycles. The summed E-state index contributed by atoms with van der Waals surface area (Å²) >= 11 is 0. The molecule has 2 nitrogen and oxygen atoms in total. The second kappa shape index (κ2) is 7.18. The lowest BCUT2D eigenvalue weighted by atomic mass is 9.98.